The number of imide groups is 1. The zero-order chi connectivity index (χ0) is 20.2. The summed E-state index contributed by atoms with van der Waals surface area (Å²) in [5.74, 6) is -0.164. The Balaban J connectivity index is 1.38. The summed E-state index contributed by atoms with van der Waals surface area (Å²) in [5.41, 5.74) is 2.84. The molecule has 2 aromatic rings. The van der Waals surface area contributed by atoms with Gasteiger partial charge in [-0.1, -0.05) is 42.5 Å². The average molecular weight is 390 g/mol. The van der Waals surface area contributed by atoms with Crippen LogP contribution in [-0.4, -0.2) is 40.1 Å². The van der Waals surface area contributed by atoms with Gasteiger partial charge in [0.15, 0.2) is 0 Å². The van der Waals surface area contributed by atoms with E-state index in [1.54, 1.807) is 0 Å². The molecule has 3 amide bonds. The normalized spacial score (nSPS) is 19.2. The van der Waals surface area contributed by atoms with Crippen LogP contribution in [0, 0.1) is 0 Å². The first-order valence-corrected chi connectivity index (χ1v) is 10.4. The predicted molar refractivity (Wildman–Crippen MR) is 110 cm³/mol. The highest BCUT2D eigenvalue weighted by Gasteiger charge is 2.30. The molecule has 5 nitrogen and oxygen atoms in total. The maximum atomic E-state index is 13.0. The van der Waals surface area contributed by atoms with Crippen molar-refractivity contribution in [2.75, 3.05) is 6.54 Å². The molecule has 4 rings (SSSR count). The van der Waals surface area contributed by atoms with Crippen molar-refractivity contribution in [2.45, 2.75) is 51.1 Å². The van der Waals surface area contributed by atoms with Gasteiger partial charge < -0.3 is 4.90 Å². The molecule has 2 saturated heterocycles. The van der Waals surface area contributed by atoms with Crippen molar-refractivity contribution in [1.82, 2.24) is 9.80 Å². The van der Waals surface area contributed by atoms with Gasteiger partial charge in [0.05, 0.1) is 6.54 Å². The van der Waals surface area contributed by atoms with Crippen LogP contribution in [0.2, 0.25) is 0 Å². The third kappa shape index (κ3) is 4.39. The van der Waals surface area contributed by atoms with E-state index in [1.807, 2.05) is 35.2 Å². The lowest BCUT2D eigenvalue weighted by Crippen LogP contribution is -2.35. The van der Waals surface area contributed by atoms with Crippen LogP contribution in [0.3, 0.4) is 0 Å². The standard InChI is InChI=1S/C24H26N2O3/c27-22-14-15-23(28)26(22)17-19-8-11-20(12-9-19)24(29)25-16-4-7-21(25)13-10-18-5-2-1-3-6-18/h1-3,5-6,8-9,11-12,21H,4,7,10,13-17H2/t21-/m1/s1. The zero-order valence-corrected chi connectivity index (χ0v) is 16.5. The molecule has 29 heavy (non-hydrogen) atoms. The molecule has 2 aromatic carbocycles. The lowest BCUT2D eigenvalue weighted by atomic mass is 10.0. The van der Waals surface area contributed by atoms with Gasteiger partial charge in [0.2, 0.25) is 11.8 Å². The van der Waals surface area contributed by atoms with Gasteiger partial charge in [0.1, 0.15) is 0 Å². The van der Waals surface area contributed by atoms with Gasteiger partial charge in [-0.3, -0.25) is 19.3 Å². The first kappa shape index (κ1) is 19.4. The second kappa shape index (κ2) is 8.60. The SMILES string of the molecule is O=C1CCC(=O)N1Cc1ccc(C(=O)N2CCC[C@@H]2CCc2ccccc2)cc1. The van der Waals surface area contributed by atoms with Crippen LogP contribution in [-0.2, 0) is 22.6 Å². The van der Waals surface area contributed by atoms with Gasteiger partial charge in [0.25, 0.3) is 5.91 Å². The lowest BCUT2D eigenvalue weighted by Gasteiger charge is -2.25. The van der Waals surface area contributed by atoms with Crippen LogP contribution in [0.5, 0.6) is 0 Å². The number of likely N-dealkylation sites (tertiary alicyclic amines) is 2. The topological polar surface area (TPSA) is 57.7 Å². The van der Waals surface area contributed by atoms with Crippen molar-refractivity contribution in [3.05, 3.63) is 71.3 Å². The molecule has 5 heteroatoms. The summed E-state index contributed by atoms with van der Waals surface area (Å²) in [5, 5.41) is 0. The smallest absolute Gasteiger partial charge is 0.254 e. The van der Waals surface area contributed by atoms with Crippen LogP contribution in [0.15, 0.2) is 54.6 Å². The number of carbonyl (C=O) groups is 3. The molecule has 150 valence electrons. The van der Waals surface area contributed by atoms with Crippen molar-refractivity contribution in [2.24, 2.45) is 0 Å². The molecule has 0 unspecified atom stereocenters. The van der Waals surface area contributed by atoms with Gasteiger partial charge in [-0.15, -0.1) is 0 Å². The predicted octanol–water partition coefficient (Wildman–Crippen LogP) is 3.57. The second-order valence-corrected chi connectivity index (χ2v) is 7.89. The number of hydrogen-bond donors (Lipinski definition) is 0. The molecule has 0 radical (unpaired) electrons. The fourth-order valence-corrected chi connectivity index (χ4v) is 4.28. The van der Waals surface area contributed by atoms with E-state index in [9.17, 15) is 14.4 Å². The van der Waals surface area contributed by atoms with E-state index in [-0.39, 0.29) is 30.3 Å². The molecule has 1 atom stereocenters. The molecular weight excluding hydrogens is 364 g/mol. The summed E-state index contributed by atoms with van der Waals surface area (Å²) < 4.78 is 0. The van der Waals surface area contributed by atoms with Crippen LogP contribution >= 0.6 is 0 Å². The van der Waals surface area contributed by atoms with Gasteiger partial charge in [-0.25, -0.2) is 0 Å². The van der Waals surface area contributed by atoms with Crippen molar-refractivity contribution >= 4 is 17.7 Å². The summed E-state index contributed by atoms with van der Waals surface area (Å²) in [4.78, 5) is 39.9. The minimum absolute atomic E-state index is 0.0698. The monoisotopic (exact) mass is 390 g/mol. The van der Waals surface area contributed by atoms with E-state index in [2.05, 4.69) is 24.3 Å². The van der Waals surface area contributed by atoms with E-state index >= 15 is 0 Å². The molecule has 2 fully saturated rings. The molecule has 0 spiro atoms. The highest BCUT2D eigenvalue weighted by atomic mass is 16.2. The van der Waals surface area contributed by atoms with Gasteiger partial charge in [-0.2, -0.15) is 0 Å². The van der Waals surface area contributed by atoms with Crippen molar-refractivity contribution < 1.29 is 14.4 Å². The number of amides is 3. The van der Waals surface area contributed by atoms with Crippen LogP contribution < -0.4 is 0 Å². The quantitative estimate of drug-likeness (QED) is 0.709. The fraction of sp³-hybridized carbons (Fsp3) is 0.375. The first-order chi connectivity index (χ1) is 14.1. The number of carbonyl (C=O) groups excluding carboxylic acids is 3. The molecule has 0 aliphatic carbocycles. The molecule has 2 aliphatic heterocycles. The summed E-state index contributed by atoms with van der Waals surface area (Å²) in [7, 11) is 0. The fourth-order valence-electron chi connectivity index (χ4n) is 4.28. The molecule has 0 N–H and O–H groups in total. The molecule has 0 aromatic heterocycles. The second-order valence-electron chi connectivity index (χ2n) is 7.89. The Kier molecular flexibility index (Phi) is 5.74. The summed E-state index contributed by atoms with van der Waals surface area (Å²) >= 11 is 0. The third-order valence-electron chi connectivity index (χ3n) is 5.94. The number of rotatable bonds is 6. The summed E-state index contributed by atoms with van der Waals surface area (Å²) in [6, 6.07) is 18.0. The van der Waals surface area contributed by atoms with Crippen molar-refractivity contribution in [3.63, 3.8) is 0 Å². The van der Waals surface area contributed by atoms with Gasteiger partial charge in [-0.05, 0) is 48.9 Å². The molecule has 2 aliphatic rings. The lowest BCUT2D eigenvalue weighted by molar-refractivity contribution is -0.139. The summed E-state index contributed by atoms with van der Waals surface area (Å²) in [6.07, 6.45) is 4.65. The van der Waals surface area contributed by atoms with Crippen LogP contribution in [0.1, 0.15) is 53.6 Å². The highest BCUT2D eigenvalue weighted by molar-refractivity contribution is 6.01. The number of nitrogens with zero attached hydrogens (tertiary/aromatic N) is 2. The summed E-state index contributed by atoms with van der Waals surface area (Å²) in [6.45, 7) is 1.09. The Morgan fingerprint density at radius 1 is 0.897 bits per heavy atom. The first-order valence-electron chi connectivity index (χ1n) is 10.4. The van der Waals surface area contributed by atoms with E-state index < -0.39 is 0 Å². The largest absolute Gasteiger partial charge is 0.336 e. The Bertz CT molecular complexity index is 876. The van der Waals surface area contributed by atoms with E-state index in [4.69, 9.17) is 0 Å². The van der Waals surface area contributed by atoms with Gasteiger partial charge in [0, 0.05) is 31.0 Å². The minimum atomic E-state index is -0.117. The van der Waals surface area contributed by atoms with Crippen molar-refractivity contribution in [3.8, 4) is 0 Å². The molecule has 0 saturated carbocycles. The van der Waals surface area contributed by atoms with Crippen molar-refractivity contribution in [1.29, 1.82) is 0 Å². The zero-order valence-electron chi connectivity index (χ0n) is 16.5. The Morgan fingerprint density at radius 3 is 2.28 bits per heavy atom. The average Bonchev–Trinajstić information content (AvgIpc) is 3.35. The van der Waals surface area contributed by atoms with Crippen LogP contribution in [0.4, 0.5) is 0 Å². The van der Waals surface area contributed by atoms with E-state index in [1.165, 1.54) is 10.5 Å². The molecule has 2 heterocycles. The molecule has 0 bridgehead atoms. The highest BCUT2D eigenvalue weighted by Crippen LogP contribution is 2.24. The Labute approximate surface area is 171 Å². The molecular formula is C24H26N2O3. The Morgan fingerprint density at radius 2 is 1.59 bits per heavy atom. The van der Waals surface area contributed by atoms with Gasteiger partial charge >= 0.3 is 0 Å². The maximum Gasteiger partial charge on any atom is 0.254 e. The Hall–Kier alpha value is -2.95. The van der Waals surface area contributed by atoms with E-state index in [0.29, 0.717) is 18.4 Å². The minimum Gasteiger partial charge on any atom is -0.336 e. The maximum absolute atomic E-state index is 13.0. The van der Waals surface area contributed by atoms with E-state index in [0.717, 1.165) is 37.8 Å². The van der Waals surface area contributed by atoms with Crippen LogP contribution in [0.25, 0.3) is 0 Å². The third-order valence-corrected chi connectivity index (χ3v) is 5.94. The number of aryl methyl sites for hydroxylation is 1. The number of hydrogen-bond acceptors (Lipinski definition) is 3. The number of benzene rings is 2.